The molecule has 1 aromatic carbocycles. The smallest absolute Gasteiger partial charge is 0.550 e. The summed E-state index contributed by atoms with van der Waals surface area (Å²) in [6, 6.07) is 1.92. The van der Waals surface area contributed by atoms with Crippen LogP contribution < -0.4 is 44.7 Å². The van der Waals surface area contributed by atoms with Gasteiger partial charge < -0.3 is 24.7 Å². The maximum absolute atomic E-state index is 11.3. The van der Waals surface area contributed by atoms with E-state index in [2.05, 4.69) is 73.1 Å². The molecule has 0 aliphatic heterocycles. The summed E-state index contributed by atoms with van der Waals surface area (Å²) in [5.74, 6) is -1.26. The Bertz CT molecular complexity index is 600. The van der Waals surface area contributed by atoms with Crippen LogP contribution in [0.4, 0.5) is 5.69 Å². The molecule has 24 heavy (non-hydrogen) atoms. The van der Waals surface area contributed by atoms with Gasteiger partial charge in [-0.3, -0.25) is 4.79 Å². The third kappa shape index (κ3) is 8.20. The number of ether oxygens (including phenoxy) is 2. The summed E-state index contributed by atoms with van der Waals surface area (Å²) in [5.41, 5.74) is 0.723. The van der Waals surface area contributed by atoms with Crippen molar-refractivity contribution in [1.82, 2.24) is 0 Å². The number of rotatable bonds is 8. The fourth-order valence-electron chi connectivity index (χ4n) is 1.53. The van der Waals surface area contributed by atoms with E-state index in [-0.39, 0.29) is 55.3 Å². The molecule has 1 amide bonds. The third-order valence-corrected chi connectivity index (χ3v) is 5.35. The van der Waals surface area contributed by atoms with E-state index in [0.717, 1.165) is 16.4 Å². The van der Waals surface area contributed by atoms with Crippen LogP contribution in [0.15, 0.2) is 6.07 Å². The van der Waals surface area contributed by atoms with Crippen LogP contribution in [0.1, 0.15) is 13.8 Å². The Morgan fingerprint density at radius 2 is 1.88 bits per heavy atom. The van der Waals surface area contributed by atoms with Gasteiger partial charge in [0, 0.05) is 22.4 Å². The molecule has 128 valence electrons. The van der Waals surface area contributed by atoms with Gasteiger partial charge in [0.2, 0.25) is 5.91 Å². The molecule has 0 heterocycles. The molecule has 1 aromatic rings. The largest absolute Gasteiger partial charge is 1.00 e. The molecule has 0 aliphatic carbocycles. The first-order valence-corrected chi connectivity index (χ1v) is 9.84. The fourth-order valence-corrected chi connectivity index (χ4v) is 5.48. The molecule has 1 rings (SSSR count). The fraction of sp³-hybridized carbons (Fsp3) is 0.429. The molecule has 0 saturated heterocycles. The Morgan fingerprint density at radius 3 is 2.42 bits per heavy atom. The second kappa shape index (κ2) is 12.5. The van der Waals surface area contributed by atoms with Gasteiger partial charge in [-0.05, 0) is 73.8 Å². The number of aliphatic carboxylic acids is 1. The van der Waals surface area contributed by atoms with Gasteiger partial charge in [-0.2, -0.15) is 0 Å². The molecule has 1 N–H and O–H groups in total. The first-order valence-electron chi connectivity index (χ1n) is 6.60. The number of anilines is 1. The Hall–Kier alpha value is 1.11. The second-order valence-electron chi connectivity index (χ2n) is 4.68. The number of carboxylic acids is 1. The normalized spacial score (nSPS) is 11.4. The van der Waals surface area contributed by atoms with E-state index in [1.165, 1.54) is 13.8 Å². The number of carbonyl (C=O) groups is 2. The van der Waals surface area contributed by atoms with Crippen LogP contribution in [0.5, 0.6) is 5.75 Å². The molecule has 0 spiro atoms. The Labute approximate surface area is 203 Å². The van der Waals surface area contributed by atoms with Crippen LogP contribution in [-0.4, -0.2) is 31.7 Å². The van der Waals surface area contributed by atoms with Crippen molar-refractivity contribution < 1.29 is 53.7 Å². The topological polar surface area (TPSA) is 87.7 Å². The minimum atomic E-state index is -1.13. The van der Waals surface area contributed by atoms with Crippen LogP contribution in [0.25, 0.3) is 0 Å². The number of hydrogen-bond acceptors (Lipinski definition) is 5. The molecular formula is C14H15I3NNaO5. The monoisotopic (exact) mass is 681 g/mol. The zero-order chi connectivity index (χ0) is 17.6. The Balaban J connectivity index is 0.00000529. The average molecular weight is 681 g/mol. The number of carboxylic acid groups (broad SMARTS) is 1. The first kappa shape index (κ1) is 25.1. The van der Waals surface area contributed by atoms with Gasteiger partial charge >= 0.3 is 29.6 Å². The molecular weight excluding hydrogens is 666 g/mol. The van der Waals surface area contributed by atoms with Gasteiger partial charge in [0.1, 0.15) is 12.4 Å². The Kier molecular flexibility index (Phi) is 13.1. The maximum atomic E-state index is 11.3. The number of halogens is 3. The van der Waals surface area contributed by atoms with Gasteiger partial charge in [0.05, 0.1) is 26.0 Å². The zero-order valence-corrected chi connectivity index (χ0v) is 21.9. The first-order chi connectivity index (χ1) is 10.7. The van der Waals surface area contributed by atoms with Crippen molar-refractivity contribution in [1.29, 1.82) is 0 Å². The third-order valence-electron chi connectivity index (χ3n) is 2.67. The SMILES string of the molecule is CC(=O)Nc1c(I)cc(I)c(OCCOCC(C)C(=O)[O-])c1I.[Na+]. The summed E-state index contributed by atoms with van der Waals surface area (Å²) < 4.78 is 13.7. The van der Waals surface area contributed by atoms with Gasteiger partial charge in [-0.15, -0.1) is 0 Å². The molecule has 6 nitrogen and oxygen atoms in total. The van der Waals surface area contributed by atoms with Crippen molar-refractivity contribution in [3.05, 3.63) is 16.8 Å². The minimum absolute atomic E-state index is 0. The van der Waals surface area contributed by atoms with Crippen molar-refractivity contribution >= 4 is 85.3 Å². The van der Waals surface area contributed by atoms with E-state index >= 15 is 0 Å². The van der Waals surface area contributed by atoms with Gasteiger partial charge in [0.15, 0.2) is 0 Å². The summed E-state index contributed by atoms with van der Waals surface area (Å²) in [5, 5.41) is 13.4. The van der Waals surface area contributed by atoms with Gasteiger partial charge in [-0.1, -0.05) is 6.92 Å². The molecule has 0 aromatic heterocycles. The molecule has 1 unspecified atom stereocenters. The number of hydrogen-bond donors (Lipinski definition) is 1. The molecule has 0 saturated carbocycles. The van der Waals surface area contributed by atoms with E-state index < -0.39 is 11.9 Å². The second-order valence-corrected chi connectivity index (χ2v) is 8.09. The van der Waals surface area contributed by atoms with Crippen molar-refractivity contribution in [3.63, 3.8) is 0 Å². The van der Waals surface area contributed by atoms with Crippen LogP contribution in [0, 0.1) is 16.6 Å². The van der Waals surface area contributed by atoms with Crippen molar-refractivity contribution in [2.24, 2.45) is 5.92 Å². The molecule has 0 aliphatic rings. The van der Waals surface area contributed by atoms with E-state index in [9.17, 15) is 14.7 Å². The van der Waals surface area contributed by atoms with Crippen LogP contribution in [0.3, 0.4) is 0 Å². The van der Waals surface area contributed by atoms with Crippen LogP contribution in [0.2, 0.25) is 0 Å². The van der Waals surface area contributed by atoms with E-state index in [4.69, 9.17) is 9.47 Å². The van der Waals surface area contributed by atoms with E-state index in [1.54, 1.807) is 0 Å². The van der Waals surface area contributed by atoms with Crippen LogP contribution in [-0.2, 0) is 14.3 Å². The molecule has 0 radical (unpaired) electrons. The minimum Gasteiger partial charge on any atom is -0.550 e. The zero-order valence-electron chi connectivity index (χ0n) is 13.5. The summed E-state index contributed by atoms with van der Waals surface area (Å²) in [6.45, 7) is 3.62. The molecule has 10 heteroatoms. The number of amides is 1. The standard InChI is InChI=1S/C14H16I3NO5.Na/c1-7(14(20)21)6-22-3-4-23-13-10(16)5-9(15)12(11(13)17)18-8(2)19;/h5,7H,3-4,6H2,1-2H3,(H,18,19)(H,20,21);/q;+1/p-1. The van der Waals surface area contributed by atoms with Crippen molar-refractivity contribution in [2.45, 2.75) is 13.8 Å². The summed E-state index contributed by atoms with van der Waals surface area (Å²) in [6.07, 6.45) is 0. The molecule has 1 atom stereocenters. The summed E-state index contributed by atoms with van der Waals surface area (Å²) >= 11 is 6.46. The Morgan fingerprint density at radius 1 is 1.25 bits per heavy atom. The van der Waals surface area contributed by atoms with Crippen LogP contribution >= 0.6 is 67.8 Å². The van der Waals surface area contributed by atoms with Gasteiger partial charge in [0.25, 0.3) is 0 Å². The average Bonchev–Trinajstić information content (AvgIpc) is 2.45. The van der Waals surface area contributed by atoms with E-state index in [0.29, 0.717) is 5.75 Å². The quantitative estimate of drug-likeness (QED) is 0.222. The predicted molar refractivity (Wildman–Crippen MR) is 109 cm³/mol. The predicted octanol–water partition coefficient (Wildman–Crippen LogP) is -0.756. The summed E-state index contributed by atoms with van der Waals surface area (Å²) in [7, 11) is 0. The van der Waals surface area contributed by atoms with Crippen molar-refractivity contribution in [3.8, 4) is 5.75 Å². The summed E-state index contributed by atoms with van der Waals surface area (Å²) in [4.78, 5) is 21.9. The number of nitrogens with one attached hydrogen (secondary N) is 1. The van der Waals surface area contributed by atoms with Crippen molar-refractivity contribution in [2.75, 3.05) is 25.1 Å². The number of benzene rings is 1. The number of carbonyl (C=O) groups excluding carboxylic acids is 2. The van der Waals surface area contributed by atoms with Gasteiger partial charge in [-0.25, -0.2) is 0 Å². The maximum Gasteiger partial charge on any atom is 1.00 e. The van der Waals surface area contributed by atoms with E-state index in [1.807, 2.05) is 6.07 Å². The molecule has 0 fully saturated rings. The molecule has 0 bridgehead atoms.